The molecule has 0 bridgehead atoms. The minimum atomic E-state index is -3.90. The van der Waals surface area contributed by atoms with E-state index in [1.807, 2.05) is 18.2 Å². The van der Waals surface area contributed by atoms with Gasteiger partial charge in [-0.15, -0.1) is 11.3 Å². The van der Waals surface area contributed by atoms with E-state index in [4.69, 9.17) is 5.14 Å². The predicted octanol–water partition coefficient (Wildman–Crippen LogP) is 2.85. The lowest BCUT2D eigenvalue weighted by Crippen LogP contribution is -2.12. The van der Waals surface area contributed by atoms with Gasteiger partial charge in [0.1, 0.15) is 16.7 Å². The van der Waals surface area contributed by atoms with Crippen LogP contribution in [0.2, 0.25) is 0 Å². The summed E-state index contributed by atoms with van der Waals surface area (Å²) in [4.78, 5) is 0.297. The van der Waals surface area contributed by atoms with Gasteiger partial charge in [-0.1, -0.05) is 36.4 Å². The van der Waals surface area contributed by atoms with Crippen molar-refractivity contribution in [3.8, 4) is 16.2 Å². The Labute approximate surface area is 143 Å². The van der Waals surface area contributed by atoms with E-state index < -0.39 is 16.1 Å². The Hall–Kier alpha value is -2.19. The summed E-state index contributed by atoms with van der Waals surface area (Å²) >= 11 is 1.16. The number of primary sulfonamides is 1. The summed E-state index contributed by atoms with van der Waals surface area (Å²) in [6.07, 6.45) is -0.886. The number of nitrogens with two attached hydrogens (primary N) is 1. The number of hydrogen-bond donors (Lipinski definition) is 3. The molecule has 3 aromatic rings. The molecule has 0 radical (unpaired) electrons. The van der Waals surface area contributed by atoms with Crippen molar-refractivity contribution in [1.82, 2.24) is 0 Å². The van der Waals surface area contributed by atoms with Gasteiger partial charge in [0.2, 0.25) is 10.0 Å². The number of hydrogen-bond acceptors (Lipinski definition) is 5. The average Bonchev–Trinajstić information content (AvgIpc) is 3.05. The summed E-state index contributed by atoms with van der Waals surface area (Å²) in [6, 6.07) is 15.1. The molecule has 0 aliphatic rings. The third-order valence-electron chi connectivity index (χ3n) is 3.63. The average molecular weight is 361 g/mol. The summed E-state index contributed by atoms with van der Waals surface area (Å²) in [6.45, 7) is 0. The first-order valence-electron chi connectivity index (χ1n) is 7.04. The molecule has 1 aromatic heterocycles. The number of benzene rings is 2. The Bertz CT molecular complexity index is 965. The maximum absolute atomic E-state index is 11.7. The maximum atomic E-state index is 11.7. The van der Waals surface area contributed by atoms with Crippen molar-refractivity contribution in [2.75, 3.05) is 0 Å². The second kappa shape index (κ2) is 6.37. The number of phenols is 1. The minimum absolute atomic E-state index is 0.0471. The lowest BCUT2D eigenvalue weighted by molar-refractivity contribution is 0.220. The first-order chi connectivity index (χ1) is 11.4. The molecule has 1 heterocycles. The summed E-state index contributed by atoms with van der Waals surface area (Å²) < 4.78 is 23.4. The molecule has 1 unspecified atom stereocenters. The summed E-state index contributed by atoms with van der Waals surface area (Å²) in [5.41, 5.74) is 1.57. The zero-order valence-electron chi connectivity index (χ0n) is 12.5. The maximum Gasteiger partial charge on any atom is 0.239 e. The van der Waals surface area contributed by atoms with Crippen LogP contribution in [-0.2, 0) is 10.0 Å². The van der Waals surface area contributed by atoms with Crippen molar-refractivity contribution >= 4 is 21.4 Å². The van der Waals surface area contributed by atoms with Crippen molar-refractivity contribution < 1.29 is 18.6 Å². The third kappa shape index (κ3) is 3.20. The lowest BCUT2D eigenvalue weighted by Gasteiger charge is -2.14. The number of rotatable bonds is 4. The second-order valence-electron chi connectivity index (χ2n) is 5.25. The van der Waals surface area contributed by atoms with E-state index in [0.29, 0.717) is 21.6 Å². The molecule has 7 heteroatoms. The molecule has 5 nitrogen and oxygen atoms in total. The number of sulfonamides is 1. The van der Waals surface area contributed by atoms with Crippen molar-refractivity contribution in [3.05, 3.63) is 71.1 Å². The van der Waals surface area contributed by atoms with Crippen LogP contribution >= 0.6 is 11.3 Å². The van der Waals surface area contributed by atoms with Crippen molar-refractivity contribution in [1.29, 1.82) is 0 Å². The van der Waals surface area contributed by atoms with E-state index in [-0.39, 0.29) is 10.6 Å². The van der Waals surface area contributed by atoms with Gasteiger partial charge in [0, 0.05) is 5.56 Å². The molecule has 4 N–H and O–H groups in total. The molecule has 1 atom stereocenters. The van der Waals surface area contributed by atoms with Gasteiger partial charge in [-0.3, -0.25) is 0 Å². The molecule has 0 aliphatic carbocycles. The van der Waals surface area contributed by atoms with Crippen LogP contribution in [0, 0.1) is 0 Å². The first kappa shape index (κ1) is 16.7. The highest BCUT2D eigenvalue weighted by molar-refractivity contribution is 7.89. The minimum Gasteiger partial charge on any atom is -0.507 e. The molecule has 2 aromatic carbocycles. The van der Waals surface area contributed by atoms with Gasteiger partial charge in [-0.2, -0.15) is 0 Å². The van der Waals surface area contributed by atoms with Crippen molar-refractivity contribution in [2.45, 2.75) is 11.0 Å². The molecule has 24 heavy (non-hydrogen) atoms. The van der Waals surface area contributed by atoms with E-state index in [1.165, 1.54) is 12.1 Å². The number of aliphatic hydroxyl groups excluding tert-OH is 1. The lowest BCUT2D eigenvalue weighted by atomic mass is 9.99. The van der Waals surface area contributed by atoms with Crippen LogP contribution < -0.4 is 5.14 Å². The molecule has 3 rings (SSSR count). The molecule has 0 saturated heterocycles. The topological polar surface area (TPSA) is 101 Å². The molecule has 0 spiro atoms. The van der Waals surface area contributed by atoms with Crippen molar-refractivity contribution in [2.24, 2.45) is 5.14 Å². The van der Waals surface area contributed by atoms with Crippen molar-refractivity contribution in [3.63, 3.8) is 0 Å². The summed E-state index contributed by atoms with van der Waals surface area (Å²) in [5.74, 6) is -0.0774. The van der Waals surface area contributed by atoms with Crippen LogP contribution in [0.3, 0.4) is 0 Å². The van der Waals surface area contributed by atoms with E-state index in [1.54, 1.807) is 29.6 Å². The molecule has 0 saturated carbocycles. The fourth-order valence-corrected chi connectivity index (χ4v) is 4.47. The van der Waals surface area contributed by atoms with Gasteiger partial charge in [-0.05, 0) is 34.7 Å². The highest BCUT2D eigenvalue weighted by Gasteiger charge is 2.20. The van der Waals surface area contributed by atoms with E-state index in [2.05, 4.69) is 0 Å². The van der Waals surface area contributed by atoms with Gasteiger partial charge in [0.15, 0.2) is 0 Å². The first-order valence-corrected chi connectivity index (χ1v) is 9.47. The molecule has 0 fully saturated rings. The SMILES string of the molecule is NS(=O)(=O)c1ccsc1-c1cc(C(O)c2ccccc2)ccc1O. The summed E-state index contributed by atoms with van der Waals surface area (Å²) in [5, 5.41) is 27.5. The van der Waals surface area contributed by atoms with Gasteiger partial charge < -0.3 is 10.2 Å². The van der Waals surface area contributed by atoms with Crippen LogP contribution in [0.5, 0.6) is 5.75 Å². The predicted molar refractivity (Wildman–Crippen MR) is 93.3 cm³/mol. The fourth-order valence-electron chi connectivity index (χ4n) is 2.45. The van der Waals surface area contributed by atoms with Crippen LogP contribution in [0.25, 0.3) is 10.4 Å². The largest absolute Gasteiger partial charge is 0.507 e. The van der Waals surface area contributed by atoms with E-state index in [9.17, 15) is 18.6 Å². The number of aliphatic hydroxyl groups is 1. The quantitative estimate of drug-likeness (QED) is 0.665. The number of phenolic OH excluding ortho intramolecular Hbond substituents is 1. The second-order valence-corrected chi connectivity index (χ2v) is 7.69. The van der Waals surface area contributed by atoms with Gasteiger partial charge >= 0.3 is 0 Å². The molecule has 0 aliphatic heterocycles. The van der Waals surface area contributed by atoms with Gasteiger partial charge in [-0.25, -0.2) is 13.6 Å². The monoisotopic (exact) mass is 361 g/mol. The van der Waals surface area contributed by atoms with Gasteiger partial charge in [0.05, 0.1) is 4.88 Å². The Morgan fingerprint density at radius 2 is 1.71 bits per heavy atom. The highest BCUT2D eigenvalue weighted by atomic mass is 32.2. The zero-order valence-corrected chi connectivity index (χ0v) is 14.1. The molecule has 124 valence electrons. The summed E-state index contributed by atoms with van der Waals surface area (Å²) in [7, 11) is -3.90. The molecular formula is C17H15NO4S2. The molecule has 0 amide bonds. The van der Waals surface area contributed by atoms with Crippen LogP contribution in [0.4, 0.5) is 0 Å². The van der Waals surface area contributed by atoms with Gasteiger partial charge in [0.25, 0.3) is 0 Å². The number of thiophene rings is 1. The molecular weight excluding hydrogens is 346 g/mol. The normalized spacial score (nSPS) is 12.9. The van der Waals surface area contributed by atoms with Crippen LogP contribution in [-0.4, -0.2) is 18.6 Å². The third-order valence-corrected chi connectivity index (χ3v) is 5.66. The Balaban J connectivity index is 2.10. The Morgan fingerprint density at radius 1 is 1.00 bits per heavy atom. The van der Waals surface area contributed by atoms with E-state index in [0.717, 1.165) is 11.3 Å². The number of aromatic hydroxyl groups is 1. The Morgan fingerprint density at radius 3 is 2.38 bits per heavy atom. The standard InChI is InChI=1S/C17H15NO4S2/c18-24(21,22)15-8-9-23-17(15)13-10-12(6-7-14(13)19)16(20)11-4-2-1-3-5-11/h1-10,16,19-20H,(H2,18,21,22). The van der Waals surface area contributed by atoms with Crippen LogP contribution in [0.1, 0.15) is 17.2 Å². The highest BCUT2D eigenvalue weighted by Crippen LogP contribution is 2.39. The fraction of sp³-hybridized carbons (Fsp3) is 0.0588. The van der Waals surface area contributed by atoms with E-state index >= 15 is 0 Å². The zero-order chi connectivity index (χ0) is 17.3. The Kier molecular flexibility index (Phi) is 4.42. The smallest absolute Gasteiger partial charge is 0.239 e. The van der Waals surface area contributed by atoms with Crippen LogP contribution in [0.15, 0.2) is 64.9 Å².